The Morgan fingerprint density at radius 2 is 1.89 bits per heavy atom. The van der Waals surface area contributed by atoms with Crippen molar-refractivity contribution in [2.75, 3.05) is 11.9 Å². The monoisotopic (exact) mass is 304 g/mol. The highest BCUT2D eigenvalue weighted by atomic mass is 79.9. The third-order valence-corrected chi connectivity index (χ3v) is 3.72. The van der Waals surface area contributed by atoms with Gasteiger partial charge in [0.05, 0.1) is 0 Å². The first kappa shape index (κ1) is 13.1. The van der Waals surface area contributed by atoms with E-state index < -0.39 is 0 Å². The van der Waals surface area contributed by atoms with Crippen LogP contribution in [0.1, 0.15) is 16.7 Å². The Balaban J connectivity index is 1.88. The van der Waals surface area contributed by atoms with Gasteiger partial charge in [0.25, 0.3) is 0 Å². The fourth-order valence-electron chi connectivity index (χ4n) is 1.73. The van der Waals surface area contributed by atoms with Gasteiger partial charge in [-0.1, -0.05) is 29.8 Å². The Labute approximate surface area is 117 Å². The summed E-state index contributed by atoms with van der Waals surface area (Å²) in [4.78, 5) is 4.33. The fraction of sp³-hybridized carbons (Fsp3) is 0.267. The molecule has 0 spiro atoms. The van der Waals surface area contributed by atoms with Crippen LogP contribution in [0.2, 0.25) is 0 Å². The normalized spacial score (nSPS) is 10.4. The molecule has 1 aromatic heterocycles. The summed E-state index contributed by atoms with van der Waals surface area (Å²) in [5.74, 6) is 0.933. The van der Waals surface area contributed by atoms with Gasteiger partial charge in [-0.3, -0.25) is 0 Å². The van der Waals surface area contributed by atoms with E-state index in [-0.39, 0.29) is 0 Å². The number of anilines is 1. The van der Waals surface area contributed by atoms with Gasteiger partial charge >= 0.3 is 0 Å². The number of hydrogen-bond acceptors (Lipinski definition) is 2. The zero-order valence-electron chi connectivity index (χ0n) is 10.7. The van der Waals surface area contributed by atoms with Crippen LogP contribution in [0.5, 0.6) is 0 Å². The molecule has 0 bridgehead atoms. The molecule has 94 valence electrons. The van der Waals surface area contributed by atoms with Crippen LogP contribution >= 0.6 is 15.9 Å². The minimum absolute atomic E-state index is 0.900. The Hall–Kier alpha value is -1.35. The molecule has 0 radical (unpaired) electrons. The largest absolute Gasteiger partial charge is 0.370 e. The standard InChI is InChI=1S/C15H17BrN2/c1-11-3-5-13(6-4-11)7-8-17-15-9-12(2)14(16)10-18-15/h3-6,9-10H,7-8H2,1-2H3,(H,17,18). The first-order chi connectivity index (χ1) is 8.65. The maximum atomic E-state index is 4.33. The number of halogens is 1. The van der Waals surface area contributed by atoms with E-state index in [1.165, 1.54) is 16.7 Å². The summed E-state index contributed by atoms with van der Waals surface area (Å²) >= 11 is 3.45. The number of aromatic nitrogens is 1. The summed E-state index contributed by atoms with van der Waals surface area (Å²) in [5.41, 5.74) is 3.85. The SMILES string of the molecule is Cc1ccc(CCNc2cc(C)c(Br)cn2)cc1. The van der Waals surface area contributed by atoms with E-state index in [1.54, 1.807) is 0 Å². The average molecular weight is 305 g/mol. The molecule has 0 saturated heterocycles. The molecule has 2 nitrogen and oxygen atoms in total. The molecule has 0 unspecified atom stereocenters. The average Bonchev–Trinajstić information content (AvgIpc) is 2.36. The van der Waals surface area contributed by atoms with Crippen molar-refractivity contribution >= 4 is 21.7 Å². The van der Waals surface area contributed by atoms with Crippen LogP contribution in [-0.2, 0) is 6.42 Å². The minimum atomic E-state index is 0.900. The van der Waals surface area contributed by atoms with E-state index in [0.717, 1.165) is 23.3 Å². The van der Waals surface area contributed by atoms with Crippen molar-refractivity contribution in [1.29, 1.82) is 0 Å². The van der Waals surface area contributed by atoms with E-state index >= 15 is 0 Å². The molecule has 0 saturated carbocycles. The molecule has 1 N–H and O–H groups in total. The molecule has 2 aromatic rings. The smallest absolute Gasteiger partial charge is 0.126 e. The zero-order valence-corrected chi connectivity index (χ0v) is 12.3. The van der Waals surface area contributed by atoms with Gasteiger partial charge < -0.3 is 5.32 Å². The van der Waals surface area contributed by atoms with Crippen LogP contribution in [0.3, 0.4) is 0 Å². The van der Waals surface area contributed by atoms with Crippen molar-refractivity contribution in [2.24, 2.45) is 0 Å². The quantitative estimate of drug-likeness (QED) is 0.919. The molecule has 1 aromatic carbocycles. The van der Waals surface area contributed by atoms with Gasteiger partial charge in [-0.15, -0.1) is 0 Å². The summed E-state index contributed by atoms with van der Waals surface area (Å²) < 4.78 is 1.05. The highest BCUT2D eigenvalue weighted by Crippen LogP contribution is 2.17. The summed E-state index contributed by atoms with van der Waals surface area (Å²) in [6.45, 7) is 5.07. The van der Waals surface area contributed by atoms with Crippen molar-refractivity contribution in [2.45, 2.75) is 20.3 Å². The van der Waals surface area contributed by atoms with Crippen molar-refractivity contribution in [3.63, 3.8) is 0 Å². The lowest BCUT2D eigenvalue weighted by Crippen LogP contribution is -2.06. The second kappa shape index (κ2) is 6.01. The van der Waals surface area contributed by atoms with E-state index in [0.29, 0.717) is 0 Å². The lowest BCUT2D eigenvalue weighted by Gasteiger charge is -2.07. The van der Waals surface area contributed by atoms with Crippen molar-refractivity contribution in [1.82, 2.24) is 4.98 Å². The van der Waals surface area contributed by atoms with Gasteiger partial charge in [0.1, 0.15) is 5.82 Å². The van der Waals surface area contributed by atoms with Gasteiger partial charge in [0.15, 0.2) is 0 Å². The highest BCUT2D eigenvalue weighted by molar-refractivity contribution is 9.10. The van der Waals surface area contributed by atoms with Crippen LogP contribution in [-0.4, -0.2) is 11.5 Å². The van der Waals surface area contributed by atoms with E-state index in [9.17, 15) is 0 Å². The molecule has 0 aliphatic rings. The predicted octanol–water partition coefficient (Wildman–Crippen LogP) is 4.12. The number of nitrogens with one attached hydrogen (secondary N) is 1. The van der Waals surface area contributed by atoms with Gasteiger partial charge in [-0.25, -0.2) is 4.98 Å². The summed E-state index contributed by atoms with van der Waals surface area (Å²) in [6, 6.07) is 10.7. The number of nitrogens with zero attached hydrogens (tertiary/aromatic N) is 1. The fourth-order valence-corrected chi connectivity index (χ4v) is 1.94. The van der Waals surface area contributed by atoms with E-state index in [2.05, 4.69) is 70.4 Å². The minimum Gasteiger partial charge on any atom is -0.370 e. The van der Waals surface area contributed by atoms with Gasteiger partial charge in [-0.05, 0) is 53.4 Å². The second-order valence-corrected chi connectivity index (χ2v) is 5.34. The molecule has 0 amide bonds. The Kier molecular flexibility index (Phi) is 4.37. The lowest BCUT2D eigenvalue weighted by molar-refractivity contribution is 1.00. The number of rotatable bonds is 4. The van der Waals surface area contributed by atoms with Crippen LogP contribution in [0.25, 0.3) is 0 Å². The molecule has 0 aliphatic carbocycles. The first-order valence-electron chi connectivity index (χ1n) is 6.07. The number of aryl methyl sites for hydroxylation is 2. The molecular formula is C15H17BrN2. The second-order valence-electron chi connectivity index (χ2n) is 4.48. The first-order valence-corrected chi connectivity index (χ1v) is 6.86. The molecule has 2 rings (SSSR count). The maximum absolute atomic E-state index is 4.33. The summed E-state index contributed by atoms with van der Waals surface area (Å²) in [6.07, 6.45) is 2.85. The van der Waals surface area contributed by atoms with Gasteiger partial charge in [0, 0.05) is 17.2 Å². The summed E-state index contributed by atoms with van der Waals surface area (Å²) in [5, 5.41) is 3.34. The Bertz CT molecular complexity index is 521. The lowest BCUT2D eigenvalue weighted by atomic mass is 10.1. The molecule has 3 heteroatoms. The van der Waals surface area contributed by atoms with Gasteiger partial charge in [0.2, 0.25) is 0 Å². The number of pyridine rings is 1. The molecular weight excluding hydrogens is 288 g/mol. The third-order valence-electron chi connectivity index (χ3n) is 2.89. The zero-order chi connectivity index (χ0) is 13.0. The van der Waals surface area contributed by atoms with Crippen LogP contribution < -0.4 is 5.32 Å². The molecule has 0 atom stereocenters. The Morgan fingerprint density at radius 3 is 2.56 bits per heavy atom. The maximum Gasteiger partial charge on any atom is 0.126 e. The van der Waals surface area contributed by atoms with Crippen molar-refractivity contribution < 1.29 is 0 Å². The molecule has 18 heavy (non-hydrogen) atoms. The van der Waals surface area contributed by atoms with E-state index in [4.69, 9.17) is 0 Å². The predicted molar refractivity (Wildman–Crippen MR) is 80.0 cm³/mol. The highest BCUT2D eigenvalue weighted by Gasteiger charge is 1.98. The van der Waals surface area contributed by atoms with Crippen LogP contribution in [0, 0.1) is 13.8 Å². The number of hydrogen-bond donors (Lipinski definition) is 1. The molecule has 1 heterocycles. The summed E-state index contributed by atoms with van der Waals surface area (Å²) in [7, 11) is 0. The Morgan fingerprint density at radius 1 is 1.17 bits per heavy atom. The molecule has 0 aliphatic heterocycles. The third kappa shape index (κ3) is 3.57. The van der Waals surface area contributed by atoms with Crippen LogP contribution in [0.15, 0.2) is 41.0 Å². The van der Waals surface area contributed by atoms with Crippen LogP contribution in [0.4, 0.5) is 5.82 Å². The number of benzene rings is 1. The van der Waals surface area contributed by atoms with Gasteiger partial charge in [-0.2, -0.15) is 0 Å². The topological polar surface area (TPSA) is 24.9 Å². The van der Waals surface area contributed by atoms with Crippen molar-refractivity contribution in [3.05, 3.63) is 57.7 Å². The van der Waals surface area contributed by atoms with Crippen molar-refractivity contribution in [3.8, 4) is 0 Å². The molecule has 0 fully saturated rings. The van der Waals surface area contributed by atoms with E-state index in [1.807, 2.05) is 6.20 Å².